The Labute approximate surface area is 197 Å². The number of ether oxygens (including phenoxy) is 1. The topological polar surface area (TPSA) is 95.9 Å². The van der Waals surface area contributed by atoms with Gasteiger partial charge in [-0.1, -0.05) is 55.0 Å². The van der Waals surface area contributed by atoms with Crippen LogP contribution in [0.3, 0.4) is 0 Å². The summed E-state index contributed by atoms with van der Waals surface area (Å²) in [4.78, 5) is 38.9. The predicted molar refractivity (Wildman–Crippen MR) is 122 cm³/mol. The van der Waals surface area contributed by atoms with E-state index in [0.717, 1.165) is 19.3 Å². The van der Waals surface area contributed by atoms with Gasteiger partial charge in [0.25, 0.3) is 5.91 Å². The molecule has 2 fully saturated rings. The fourth-order valence-corrected chi connectivity index (χ4v) is 4.73. The molecule has 0 spiro atoms. The fourth-order valence-electron chi connectivity index (χ4n) is 4.73. The molecule has 1 heterocycles. The number of amides is 2. The van der Waals surface area contributed by atoms with E-state index in [-0.39, 0.29) is 30.4 Å². The van der Waals surface area contributed by atoms with Crippen LogP contribution in [0.5, 0.6) is 0 Å². The van der Waals surface area contributed by atoms with Gasteiger partial charge in [-0.15, -0.1) is 0 Å². The minimum Gasteiger partial charge on any atom is -0.454 e. The number of nitrogens with one attached hydrogen (secondary N) is 1. The van der Waals surface area contributed by atoms with E-state index in [1.807, 2.05) is 18.2 Å². The highest BCUT2D eigenvalue weighted by molar-refractivity contribution is 5.88. The molecule has 1 aliphatic carbocycles. The van der Waals surface area contributed by atoms with Gasteiger partial charge in [0.2, 0.25) is 5.91 Å². The van der Waals surface area contributed by atoms with Crippen molar-refractivity contribution in [3.05, 3.63) is 71.5 Å². The second-order valence-electron chi connectivity index (χ2n) is 9.10. The summed E-state index contributed by atoms with van der Waals surface area (Å²) in [6, 6.07) is 14.9. The summed E-state index contributed by atoms with van der Waals surface area (Å²) in [5.41, 5.74) is 1.30. The van der Waals surface area contributed by atoms with E-state index < -0.39 is 42.4 Å². The molecule has 2 atom stereocenters. The zero-order valence-corrected chi connectivity index (χ0v) is 18.9. The third kappa shape index (κ3) is 5.28. The predicted octanol–water partition coefficient (Wildman–Crippen LogP) is 2.11. The van der Waals surface area contributed by atoms with Gasteiger partial charge in [0.1, 0.15) is 11.9 Å². The summed E-state index contributed by atoms with van der Waals surface area (Å²) in [6.07, 6.45) is 1.96. The summed E-state index contributed by atoms with van der Waals surface area (Å²) in [6.45, 7) is -0.0483. The Kier molecular flexibility index (Phi) is 7.26. The minimum atomic E-state index is -1.01. The molecule has 2 aliphatic rings. The fraction of sp³-hybridized carbons (Fsp3) is 0.423. The quantitative estimate of drug-likeness (QED) is 0.579. The van der Waals surface area contributed by atoms with Crippen molar-refractivity contribution in [3.8, 4) is 0 Å². The van der Waals surface area contributed by atoms with Crippen molar-refractivity contribution in [3.63, 3.8) is 0 Å². The number of rotatable bonds is 8. The van der Waals surface area contributed by atoms with Gasteiger partial charge in [-0.2, -0.15) is 0 Å². The Balaban J connectivity index is 1.29. The summed E-state index contributed by atoms with van der Waals surface area (Å²) >= 11 is 0. The molecule has 34 heavy (non-hydrogen) atoms. The third-order valence-corrected chi connectivity index (χ3v) is 6.84. The first-order valence-corrected chi connectivity index (χ1v) is 11.6. The van der Waals surface area contributed by atoms with E-state index in [2.05, 4.69) is 17.4 Å². The second-order valence-corrected chi connectivity index (χ2v) is 9.10. The van der Waals surface area contributed by atoms with Crippen LogP contribution in [-0.4, -0.2) is 59.6 Å². The molecule has 0 bridgehead atoms. The van der Waals surface area contributed by atoms with Crippen LogP contribution in [0.4, 0.5) is 4.39 Å². The maximum atomic E-state index is 13.9. The van der Waals surface area contributed by atoms with Crippen molar-refractivity contribution in [2.75, 3.05) is 19.7 Å². The van der Waals surface area contributed by atoms with E-state index in [4.69, 9.17) is 4.74 Å². The van der Waals surface area contributed by atoms with E-state index in [9.17, 15) is 23.9 Å². The number of benzene rings is 2. The van der Waals surface area contributed by atoms with E-state index in [0.29, 0.717) is 6.54 Å². The third-order valence-electron chi connectivity index (χ3n) is 6.84. The maximum absolute atomic E-state index is 13.9. The van der Waals surface area contributed by atoms with Crippen LogP contribution >= 0.6 is 0 Å². The Morgan fingerprint density at radius 3 is 2.47 bits per heavy atom. The maximum Gasteiger partial charge on any atom is 0.329 e. The normalized spacial score (nSPS) is 20.9. The number of β-amino-alcohol motifs (C(OH)–C–C–N with tert-alkyl or cyclic N) is 1. The van der Waals surface area contributed by atoms with Crippen molar-refractivity contribution < 1.29 is 28.6 Å². The molecule has 1 saturated heterocycles. The number of nitrogens with zero attached hydrogens (tertiary/aromatic N) is 1. The summed E-state index contributed by atoms with van der Waals surface area (Å²) < 4.78 is 19.1. The Morgan fingerprint density at radius 1 is 1.09 bits per heavy atom. The van der Waals surface area contributed by atoms with Gasteiger partial charge in [-0.05, 0) is 30.0 Å². The van der Waals surface area contributed by atoms with Crippen molar-refractivity contribution in [1.29, 1.82) is 0 Å². The molecule has 0 radical (unpaired) electrons. The van der Waals surface area contributed by atoms with Crippen LogP contribution in [0, 0.1) is 5.82 Å². The molecule has 7 nitrogen and oxygen atoms in total. The number of esters is 1. The highest BCUT2D eigenvalue weighted by atomic mass is 19.1. The molecular weight excluding hydrogens is 439 g/mol. The lowest BCUT2D eigenvalue weighted by Crippen LogP contribution is -2.47. The van der Waals surface area contributed by atoms with E-state index in [1.54, 1.807) is 6.07 Å². The molecule has 180 valence electrons. The van der Waals surface area contributed by atoms with Crippen LogP contribution in [0.1, 0.15) is 36.8 Å². The van der Waals surface area contributed by atoms with Crippen LogP contribution < -0.4 is 5.32 Å². The average Bonchev–Trinajstić information content (AvgIpc) is 3.21. The van der Waals surface area contributed by atoms with Crippen molar-refractivity contribution in [2.45, 2.75) is 49.7 Å². The van der Waals surface area contributed by atoms with Gasteiger partial charge in [-0.25, -0.2) is 9.18 Å². The molecule has 2 aromatic carbocycles. The number of carbonyl (C=O) groups is 3. The molecule has 2 aromatic rings. The molecule has 0 aromatic heterocycles. The Morgan fingerprint density at radius 2 is 1.79 bits per heavy atom. The summed E-state index contributed by atoms with van der Waals surface area (Å²) in [5.74, 6) is -2.16. The number of hydrogen-bond acceptors (Lipinski definition) is 5. The van der Waals surface area contributed by atoms with Gasteiger partial charge in [0.15, 0.2) is 6.61 Å². The first-order chi connectivity index (χ1) is 16.4. The lowest BCUT2D eigenvalue weighted by atomic mass is 9.64. The van der Waals surface area contributed by atoms with Gasteiger partial charge < -0.3 is 20.1 Å². The van der Waals surface area contributed by atoms with Crippen LogP contribution in [0.2, 0.25) is 0 Å². The molecule has 4 rings (SSSR count). The number of aliphatic hydroxyl groups excluding tert-OH is 1. The minimum absolute atomic E-state index is 0.0145. The molecule has 2 amide bonds. The zero-order valence-electron chi connectivity index (χ0n) is 18.9. The Bertz CT molecular complexity index is 1040. The molecule has 1 aliphatic heterocycles. The monoisotopic (exact) mass is 468 g/mol. The van der Waals surface area contributed by atoms with Crippen LogP contribution in [0.25, 0.3) is 0 Å². The smallest absolute Gasteiger partial charge is 0.329 e. The van der Waals surface area contributed by atoms with Crippen molar-refractivity contribution >= 4 is 17.8 Å². The molecule has 8 heteroatoms. The molecule has 2 N–H and O–H groups in total. The van der Waals surface area contributed by atoms with E-state index >= 15 is 0 Å². The van der Waals surface area contributed by atoms with Gasteiger partial charge >= 0.3 is 5.97 Å². The number of carbonyl (C=O) groups excluding carboxylic acids is 3. The summed E-state index contributed by atoms with van der Waals surface area (Å²) in [7, 11) is 0. The highest BCUT2D eigenvalue weighted by Gasteiger charge is 2.41. The number of hydrogen-bond donors (Lipinski definition) is 2. The number of halogens is 1. The van der Waals surface area contributed by atoms with Gasteiger partial charge in [-0.3, -0.25) is 9.59 Å². The number of likely N-dealkylation sites (tertiary alicyclic amines) is 1. The second kappa shape index (κ2) is 10.3. The zero-order chi connectivity index (χ0) is 24.1. The van der Waals surface area contributed by atoms with Crippen molar-refractivity contribution in [2.24, 2.45) is 0 Å². The standard InChI is InChI=1S/C26H29FN2O5/c27-21-10-5-4-7-18(21)13-24(32)29-15-20(30)14-22(29)25(33)34-16-23(31)28-17-26(11-6-12-26)19-8-2-1-3-9-19/h1-5,7-10,20,22,30H,6,11-17H2,(H,28,31). The molecule has 1 saturated carbocycles. The highest BCUT2D eigenvalue weighted by Crippen LogP contribution is 2.43. The summed E-state index contributed by atoms with van der Waals surface area (Å²) in [5, 5.41) is 12.9. The first kappa shape index (κ1) is 23.9. The number of aliphatic hydroxyl groups is 1. The Hall–Kier alpha value is -3.26. The van der Waals surface area contributed by atoms with Crippen LogP contribution in [0.15, 0.2) is 54.6 Å². The van der Waals surface area contributed by atoms with Gasteiger partial charge in [0, 0.05) is 24.9 Å². The van der Waals surface area contributed by atoms with E-state index in [1.165, 1.54) is 28.7 Å². The molecule has 2 unspecified atom stereocenters. The van der Waals surface area contributed by atoms with Crippen LogP contribution in [-0.2, 0) is 31.0 Å². The largest absolute Gasteiger partial charge is 0.454 e. The van der Waals surface area contributed by atoms with Gasteiger partial charge in [0.05, 0.1) is 12.5 Å². The average molecular weight is 469 g/mol. The molecular formula is C26H29FN2O5. The SMILES string of the molecule is O=C(COC(=O)C1CC(O)CN1C(=O)Cc1ccccc1F)NCC1(c2ccccc2)CCC1. The van der Waals surface area contributed by atoms with Crippen molar-refractivity contribution in [1.82, 2.24) is 10.2 Å². The first-order valence-electron chi connectivity index (χ1n) is 11.6. The lowest BCUT2D eigenvalue weighted by Gasteiger charge is -2.42. The lowest BCUT2D eigenvalue weighted by molar-refractivity contribution is -0.156.